The molecule has 0 fully saturated rings. The molecule has 1 rings (SSSR count). The highest BCUT2D eigenvalue weighted by Gasteiger charge is 2.10. The van der Waals surface area contributed by atoms with Crippen molar-refractivity contribution in [1.82, 2.24) is 0 Å². The summed E-state index contributed by atoms with van der Waals surface area (Å²) in [6, 6.07) is 3.81. The van der Waals surface area contributed by atoms with E-state index in [2.05, 4.69) is 6.58 Å². The molecule has 1 aromatic carbocycles. The monoisotopic (exact) mass is 196 g/mol. The highest BCUT2D eigenvalue weighted by Crippen LogP contribution is 2.12. The first kappa shape index (κ1) is 10.6. The van der Waals surface area contributed by atoms with Crippen LogP contribution in [0.1, 0.15) is 12.0 Å². The Bertz CT molecular complexity index is 358. The van der Waals surface area contributed by atoms with Gasteiger partial charge in [0.1, 0.15) is 5.78 Å². The van der Waals surface area contributed by atoms with Gasteiger partial charge in [-0.3, -0.25) is 4.79 Å². The summed E-state index contributed by atoms with van der Waals surface area (Å²) in [6.07, 6.45) is 1.53. The summed E-state index contributed by atoms with van der Waals surface area (Å²) in [5, 5.41) is 0. The normalized spacial score (nSPS) is 9.86. The molecule has 0 amide bonds. The van der Waals surface area contributed by atoms with E-state index >= 15 is 0 Å². The summed E-state index contributed by atoms with van der Waals surface area (Å²) in [7, 11) is 0. The van der Waals surface area contributed by atoms with Crippen LogP contribution in [0.3, 0.4) is 0 Å². The minimum atomic E-state index is -0.940. The molecule has 14 heavy (non-hydrogen) atoms. The molecule has 0 aromatic heterocycles. The van der Waals surface area contributed by atoms with Gasteiger partial charge in [-0.25, -0.2) is 8.78 Å². The lowest BCUT2D eigenvalue weighted by Crippen LogP contribution is -2.04. The molecule has 0 heterocycles. The third-order valence-corrected chi connectivity index (χ3v) is 1.79. The third-order valence-electron chi connectivity index (χ3n) is 1.79. The van der Waals surface area contributed by atoms with E-state index < -0.39 is 11.6 Å². The maximum Gasteiger partial charge on any atom is 0.162 e. The van der Waals surface area contributed by atoms with E-state index in [1.807, 2.05) is 0 Å². The van der Waals surface area contributed by atoms with Crippen LogP contribution in [-0.2, 0) is 11.2 Å². The molecule has 0 radical (unpaired) electrons. The van der Waals surface area contributed by atoms with Crippen molar-refractivity contribution in [3.63, 3.8) is 0 Å². The topological polar surface area (TPSA) is 17.1 Å². The van der Waals surface area contributed by atoms with Crippen molar-refractivity contribution in [2.45, 2.75) is 12.8 Å². The van der Waals surface area contributed by atoms with Crippen LogP contribution in [-0.4, -0.2) is 5.78 Å². The van der Waals surface area contributed by atoms with E-state index in [1.165, 1.54) is 18.2 Å². The van der Waals surface area contributed by atoms with Crippen LogP contribution in [0.5, 0.6) is 0 Å². The van der Waals surface area contributed by atoms with Gasteiger partial charge >= 0.3 is 0 Å². The fourth-order valence-corrected chi connectivity index (χ4v) is 1.13. The Morgan fingerprint density at radius 1 is 1.43 bits per heavy atom. The van der Waals surface area contributed by atoms with Crippen molar-refractivity contribution in [2.24, 2.45) is 0 Å². The largest absolute Gasteiger partial charge is 0.299 e. The third kappa shape index (κ3) is 2.49. The van der Waals surface area contributed by atoms with Gasteiger partial charge in [-0.15, -0.1) is 6.58 Å². The summed E-state index contributed by atoms with van der Waals surface area (Å²) in [4.78, 5) is 11.1. The molecule has 0 aliphatic rings. The molecule has 0 spiro atoms. The predicted molar refractivity (Wildman–Crippen MR) is 49.9 cm³/mol. The van der Waals surface area contributed by atoms with E-state index in [1.54, 1.807) is 0 Å². The van der Waals surface area contributed by atoms with Gasteiger partial charge < -0.3 is 0 Å². The summed E-state index contributed by atoms with van der Waals surface area (Å²) in [5.41, 5.74) is 0.0943. The van der Waals surface area contributed by atoms with Gasteiger partial charge in [0.15, 0.2) is 11.6 Å². The zero-order valence-corrected chi connectivity index (χ0v) is 7.59. The molecule has 0 N–H and O–H groups in total. The average Bonchev–Trinajstić information content (AvgIpc) is 2.13. The maximum atomic E-state index is 13.0. The summed E-state index contributed by atoms with van der Waals surface area (Å²) >= 11 is 0. The number of carbonyl (C=O) groups is 1. The molecule has 3 heteroatoms. The van der Waals surface area contributed by atoms with Gasteiger partial charge in [0.05, 0.1) is 0 Å². The Balaban J connectivity index is 2.81. The number of allylic oxidation sites excluding steroid dienone is 1. The lowest BCUT2D eigenvalue weighted by atomic mass is 10.1. The van der Waals surface area contributed by atoms with E-state index in [-0.39, 0.29) is 24.2 Å². The van der Waals surface area contributed by atoms with Crippen molar-refractivity contribution in [2.75, 3.05) is 0 Å². The van der Waals surface area contributed by atoms with Crippen LogP contribution in [0.25, 0.3) is 0 Å². The number of rotatable bonds is 4. The molecule has 0 saturated heterocycles. The quantitative estimate of drug-likeness (QED) is 0.676. The number of Topliss-reactive ketones (excluding diaryl/α,β-unsaturated/α-hetero) is 1. The standard InChI is InChI=1S/C11H10F2O/c1-2-4-9(14)7-8-5-3-6-10(12)11(8)13/h2-3,5-6H,1,4,7H2. The van der Waals surface area contributed by atoms with Crippen molar-refractivity contribution in [1.29, 1.82) is 0 Å². The van der Waals surface area contributed by atoms with Crippen molar-refractivity contribution >= 4 is 5.78 Å². The summed E-state index contributed by atoms with van der Waals surface area (Å²) in [5.74, 6) is -2.04. The van der Waals surface area contributed by atoms with Crippen molar-refractivity contribution < 1.29 is 13.6 Å². The molecule has 0 saturated carbocycles. The van der Waals surface area contributed by atoms with Gasteiger partial charge in [0.2, 0.25) is 0 Å². The molecular formula is C11H10F2O. The first-order valence-electron chi connectivity index (χ1n) is 4.20. The second kappa shape index (κ2) is 4.65. The number of hydrogen-bond acceptors (Lipinski definition) is 1. The predicted octanol–water partition coefficient (Wildman–Crippen LogP) is 2.65. The van der Waals surface area contributed by atoms with Crippen LogP contribution < -0.4 is 0 Å². The van der Waals surface area contributed by atoms with E-state index in [4.69, 9.17) is 0 Å². The van der Waals surface area contributed by atoms with Crippen LogP contribution in [0, 0.1) is 11.6 Å². The van der Waals surface area contributed by atoms with Crippen LogP contribution in [0.2, 0.25) is 0 Å². The zero-order valence-electron chi connectivity index (χ0n) is 7.59. The second-order valence-corrected chi connectivity index (χ2v) is 2.92. The zero-order chi connectivity index (χ0) is 10.6. The molecular weight excluding hydrogens is 186 g/mol. The number of hydrogen-bond donors (Lipinski definition) is 0. The van der Waals surface area contributed by atoms with Crippen molar-refractivity contribution in [3.8, 4) is 0 Å². The number of halogens is 2. The van der Waals surface area contributed by atoms with Gasteiger partial charge in [-0.2, -0.15) is 0 Å². The Labute approximate surface area is 81.1 Å². The first-order chi connectivity index (χ1) is 6.65. The second-order valence-electron chi connectivity index (χ2n) is 2.92. The maximum absolute atomic E-state index is 13.0. The lowest BCUT2D eigenvalue weighted by molar-refractivity contribution is -0.117. The number of benzene rings is 1. The van der Waals surface area contributed by atoms with Crippen LogP contribution in [0.15, 0.2) is 30.9 Å². The highest BCUT2D eigenvalue weighted by molar-refractivity contribution is 5.82. The van der Waals surface area contributed by atoms with Gasteiger partial charge in [-0.05, 0) is 11.6 Å². The summed E-state index contributed by atoms with van der Waals surface area (Å²) in [6.45, 7) is 3.39. The molecule has 0 unspecified atom stereocenters. The molecule has 1 nitrogen and oxygen atoms in total. The number of carbonyl (C=O) groups excluding carboxylic acids is 1. The molecule has 0 atom stereocenters. The molecule has 0 aliphatic heterocycles. The molecule has 74 valence electrons. The Morgan fingerprint density at radius 2 is 2.14 bits per heavy atom. The number of ketones is 1. The fraction of sp³-hybridized carbons (Fsp3) is 0.182. The molecule has 1 aromatic rings. The van der Waals surface area contributed by atoms with E-state index in [9.17, 15) is 13.6 Å². The van der Waals surface area contributed by atoms with Crippen molar-refractivity contribution in [3.05, 3.63) is 48.1 Å². The minimum absolute atomic E-state index is 0.0877. The Hall–Kier alpha value is -1.51. The van der Waals surface area contributed by atoms with E-state index in [0.29, 0.717) is 0 Å². The average molecular weight is 196 g/mol. The smallest absolute Gasteiger partial charge is 0.162 e. The highest BCUT2D eigenvalue weighted by atomic mass is 19.2. The SMILES string of the molecule is C=CCC(=O)Cc1cccc(F)c1F. The van der Waals surface area contributed by atoms with Crippen LogP contribution in [0.4, 0.5) is 8.78 Å². The first-order valence-corrected chi connectivity index (χ1v) is 4.20. The van der Waals surface area contributed by atoms with Gasteiger partial charge in [0.25, 0.3) is 0 Å². The summed E-state index contributed by atoms with van der Waals surface area (Å²) < 4.78 is 25.8. The van der Waals surface area contributed by atoms with E-state index in [0.717, 1.165) is 6.07 Å². The lowest BCUT2D eigenvalue weighted by Gasteiger charge is -2.01. The Morgan fingerprint density at radius 3 is 2.79 bits per heavy atom. The minimum Gasteiger partial charge on any atom is -0.299 e. The Kier molecular flexibility index (Phi) is 3.51. The molecule has 0 bridgehead atoms. The van der Waals surface area contributed by atoms with Gasteiger partial charge in [-0.1, -0.05) is 18.2 Å². The molecule has 0 aliphatic carbocycles. The fourth-order valence-electron chi connectivity index (χ4n) is 1.13. The van der Waals surface area contributed by atoms with Gasteiger partial charge in [0, 0.05) is 12.8 Å². The van der Waals surface area contributed by atoms with Crippen LogP contribution >= 0.6 is 0 Å².